The van der Waals surface area contributed by atoms with Gasteiger partial charge in [0.2, 0.25) is 6.61 Å². The van der Waals surface area contributed by atoms with Gasteiger partial charge in [-0.3, -0.25) is 0 Å². The normalized spacial score (nSPS) is 14.8. The quantitative estimate of drug-likeness (QED) is 0.401. The van der Waals surface area contributed by atoms with E-state index in [4.69, 9.17) is 0 Å². The van der Waals surface area contributed by atoms with E-state index >= 15 is 0 Å². The number of hydrogen-bond acceptors (Lipinski definition) is 1. The highest BCUT2D eigenvalue weighted by atomic mass is 17.2. The van der Waals surface area contributed by atoms with Crippen LogP contribution in [-0.2, 0) is 4.52 Å². The highest BCUT2D eigenvalue weighted by Gasteiger charge is 2.11. The lowest BCUT2D eigenvalue weighted by atomic mass is 10.1. The van der Waals surface area contributed by atoms with Crippen molar-refractivity contribution in [1.82, 2.24) is 0 Å². The fourth-order valence-electron chi connectivity index (χ4n) is 1.18. The molecule has 0 unspecified atom stereocenters. The molecular formula is C9H8O2. The maximum absolute atomic E-state index is 11.1. The van der Waals surface area contributed by atoms with Gasteiger partial charge in [0.25, 0.3) is 5.75 Å². The molecular weight excluding hydrogens is 140 g/mol. The first-order valence-electron chi connectivity index (χ1n) is 3.52. The molecule has 0 aliphatic carbocycles. The molecule has 56 valence electrons. The topological polar surface area (TPSA) is 25.8 Å². The van der Waals surface area contributed by atoms with Gasteiger partial charge in [0, 0.05) is 12.1 Å². The molecule has 0 spiro atoms. The Kier molecular flexibility index (Phi) is 1.40. The number of fused-ring (bicyclic) bond motifs is 1. The lowest BCUT2D eigenvalue weighted by Crippen LogP contribution is -2.22. The summed E-state index contributed by atoms with van der Waals surface area (Å²) < 4.78 is 1.77. The van der Waals surface area contributed by atoms with Gasteiger partial charge >= 0.3 is 0 Å². The van der Waals surface area contributed by atoms with Crippen molar-refractivity contribution in [2.45, 2.75) is 0 Å². The Hall–Kier alpha value is -1.28. The molecule has 0 radical (unpaired) electrons. The molecule has 0 saturated carbocycles. The van der Waals surface area contributed by atoms with Gasteiger partial charge in [0.15, 0.2) is 0 Å². The largest absolute Gasteiger partial charge is 0.562 e. The minimum Gasteiger partial charge on any atom is -0.562 e. The van der Waals surface area contributed by atoms with Crippen LogP contribution in [0.3, 0.4) is 0 Å². The molecule has 1 heterocycles. The van der Waals surface area contributed by atoms with Gasteiger partial charge in [-0.25, -0.2) is 0 Å². The molecule has 1 aromatic carbocycles. The van der Waals surface area contributed by atoms with Crippen LogP contribution >= 0.6 is 0 Å². The van der Waals surface area contributed by atoms with Gasteiger partial charge in [-0.15, -0.1) is 0 Å². The zero-order valence-electron chi connectivity index (χ0n) is 5.99. The Balaban J connectivity index is 2.54. The Bertz CT molecular complexity index is 291. The van der Waals surface area contributed by atoms with Crippen molar-refractivity contribution < 1.29 is 9.78 Å². The third-order valence-electron chi connectivity index (χ3n) is 1.71. The van der Waals surface area contributed by atoms with Crippen LogP contribution in [0.1, 0.15) is 5.56 Å². The number of para-hydroxylation sites is 1. The van der Waals surface area contributed by atoms with E-state index in [1.54, 1.807) is 10.6 Å². The summed E-state index contributed by atoms with van der Waals surface area (Å²) in [6.07, 6.45) is 3.79. The second-order valence-corrected chi connectivity index (χ2v) is 2.45. The van der Waals surface area contributed by atoms with Crippen molar-refractivity contribution in [3.05, 3.63) is 35.9 Å². The fraction of sp³-hybridized carbons (Fsp3) is 0.111. The first-order chi connectivity index (χ1) is 5.38. The molecule has 11 heavy (non-hydrogen) atoms. The number of rotatable bonds is 0. The molecule has 0 atom stereocenters. The first kappa shape index (κ1) is 6.43. The highest BCUT2D eigenvalue weighted by Crippen LogP contribution is 2.28. The average molecular weight is 148 g/mol. The Labute approximate surface area is 65.0 Å². The lowest BCUT2D eigenvalue weighted by molar-refractivity contribution is -0.763. The van der Waals surface area contributed by atoms with E-state index in [0.717, 1.165) is 5.56 Å². The van der Waals surface area contributed by atoms with E-state index in [0.29, 0.717) is 12.4 Å². The highest BCUT2D eigenvalue weighted by molar-refractivity contribution is 5.58. The molecule has 0 N–H and O–H groups in total. The van der Waals surface area contributed by atoms with E-state index in [9.17, 15) is 5.26 Å². The van der Waals surface area contributed by atoms with Crippen LogP contribution < -0.4 is 5.26 Å². The van der Waals surface area contributed by atoms with Crippen LogP contribution in [0.5, 0.6) is 5.75 Å². The van der Waals surface area contributed by atoms with Crippen LogP contribution in [0.2, 0.25) is 0 Å². The van der Waals surface area contributed by atoms with Gasteiger partial charge in [-0.1, -0.05) is 12.1 Å². The van der Waals surface area contributed by atoms with Crippen LogP contribution in [0.25, 0.3) is 6.08 Å². The van der Waals surface area contributed by atoms with E-state index < -0.39 is 0 Å². The first-order valence-corrected chi connectivity index (χ1v) is 3.52. The maximum atomic E-state index is 11.1. The second-order valence-electron chi connectivity index (χ2n) is 2.45. The molecule has 1 aliphatic heterocycles. The minimum atomic E-state index is 0.386. The van der Waals surface area contributed by atoms with E-state index in [1.807, 2.05) is 30.4 Å². The van der Waals surface area contributed by atoms with Gasteiger partial charge < -0.3 is 9.78 Å². The van der Waals surface area contributed by atoms with Crippen LogP contribution in [0, 0.1) is 0 Å². The number of hydrogen-bond donors (Lipinski definition) is 0. The van der Waals surface area contributed by atoms with Crippen molar-refractivity contribution in [3.8, 4) is 5.75 Å². The molecule has 0 fully saturated rings. The smallest absolute Gasteiger partial charge is 0.272 e. The zero-order valence-corrected chi connectivity index (χ0v) is 5.99. The summed E-state index contributed by atoms with van der Waals surface area (Å²) in [4.78, 5) is 0. The van der Waals surface area contributed by atoms with Gasteiger partial charge in [-0.05, 0) is 12.1 Å². The van der Waals surface area contributed by atoms with Gasteiger partial charge in [0.05, 0.1) is 5.56 Å². The van der Waals surface area contributed by atoms with Gasteiger partial charge in [0.1, 0.15) is 0 Å². The molecule has 1 aliphatic rings. The Morgan fingerprint density at radius 1 is 1.27 bits per heavy atom. The average Bonchev–Trinajstić information content (AvgIpc) is 2.06. The van der Waals surface area contributed by atoms with Crippen molar-refractivity contribution >= 4 is 6.08 Å². The van der Waals surface area contributed by atoms with E-state index in [1.165, 1.54) is 0 Å². The Morgan fingerprint density at radius 2 is 2.09 bits per heavy atom. The van der Waals surface area contributed by atoms with Crippen LogP contribution in [-0.4, -0.2) is 6.61 Å². The summed E-state index contributed by atoms with van der Waals surface area (Å²) in [6, 6.07) is 7.50. The van der Waals surface area contributed by atoms with Crippen LogP contribution in [0.4, 0.5) is 0 Å². The molecule has 0 aromatic heterocycles. The lowest BCUT2D eigenvalue weighted by Gasteiger charge is -2.27. The fourth-order valence-corrected chi connectivity index (χ4v) is 1.18. The zero-order chi connectivity index (χ0) is 7.68. The molecule has 1 aromatic rings. The molecule has 2 rings (SSSR count). The monoisotopic (exact) mass is 148 g/mol. The molecule has 2 heteroatoms. The van der Waals surface area contributed by atoms with Crippen LogP contribution in [0.15, 0.2) is 30.3 Å². The standard InChI is InChI=1S/C9H8O2/c10-11-7-3-5-8-4-1-2-6-9(8)11/h1-6H,7H2. The predicted octanol–water partition coefficient (Wildman–Crippen LogP) is 1.25. The third-order valence-corrected chi connectivity index (χ3v) is 1.71. The van der Waals surface area contributed by atoms with E-state index in [2.05, 4.69) is 0 Å². The van der Waals surface area contributed by atoms with Crippen molar-refractivity contribution in [1.29, 1.82) is 0 Å². The molecule has 2 nitrogen and oxygen atoms in total. The summed E-state index contributed by atoms with van der Waals surface area (Å²) in [5.41, 5.74) is 0.971. The Morgan fingerprint density at radius 3 is 2.91 bits per heavy atom. The summed E-state index contributed by atoms with van der Waals surface area (Å²) in [6.45, 7) is 0.386. The summed E-state index contributed by atoms with van der Waals surface area (Å²) in [5.74, 6) is 0.690. The summed E-state index contributed by atoms with van der Waals surface area (Å²) in [7, 11) is 0. The van der Waals surface area contributed by atoms with E-state index in [-0.39, 0.29) is 0 Å². The van der Waals surface area contributed by atoms with Gasteiger partial charge in [-0.2, -0.15) is 0 Å². The minimum absolute atomic E-state index is 0.386. The van der Waals surface area contributed by atoms with Crippen molar-refractivity contribution in [2.75, 3.05) is 6.61 Å². The second kappa shape index (κ2) is 2.40. The molecule has 0 saturated heterocycles. The van der Waals surface area contributed by atoms with Crippen molar-refractivity contribution in [2.24, 2.45) is 0 Å². The van der Waals surface area contributed by atoms with Crippen molar-refractivity contribution in [3.63, 3.8) is 0 Å². The SMILES string of the molecule is [O-][O+]1CC=Cc2ccccc21. The predicted molar refractivity (Wildman–Crippen MR) is 40.9 cm³/mol. The summed E-state index contributed by atoms with van der Waals surface area (Å²) >= 11 is 0. The molecule has 0 amide bonds. The molecule has 0 bridgehead atoms. The maximum Gasteiger partial charge on any atom is 0.272 e. The number of benzene rings is 1. The summed E-state index contributed by atoms with van der Waals surface area (Å²) in [5, 5.41) is 11.1. The third kappa shape index (κ3) is 1.01.